The summed E-state index contributed by atoms with van der Waals surface area (Å²) in [5.74, 6) is 0.538. The molecule has 5 heteroatoms. The van der Waals surface area contributed by atoms with Gasteiger partial charge in [-0.2, -0.15) is 0 Å². The molecule has 1 aromatic rings. The van der Waals surface area contributed by atoms with Gasteiger partial charge in [0.05, 0.1) is 6.61 Å². The van der Waals surface area contributed by atoms with Crippen LogP contribution in [0.25, 0.3) is 0 Å². The van der Waals surface area contributed by atoms with Gasteiger partial charge in [0, 0.05) is 37.4 Å². The van der Waals surface area contributed by atoms with Crippen LogP contribution in [0.4, 0.5) is 4.39 Å². The minimum atomic E-state index is -0.323. The second-order valence-electron chi connectivity index (χ2n) is 6.68. The van der Waals surface area contributed by atoms with E-state index in [1.165, 1.54) is 18.9 Å². The third-order valence-electron chi connectivity index (χ3n) is 4.76. The number of hydrogen-bond acceptors (Lipinski definition) is 3. The fourth-order valence-corrected chi connectivity index (χ4v) is 2.94. The highest BCUT2D eigenvalue weighted by atomic mass is 19.1. The van der Waals surface area contributed by atoms with E-state index in [1.54, 1.807) is 17.0 Å². The minimum absolute atomic E-state index is 0.0650. The number of aliphatic hydroxyl groups is 1. The number of rotatable bonds is 6. The van der Waals surface area contributed by atoms with E-state index < -0.39 is 0 Å². The van der Waals surface area contributed by atoms with Gasteiger partial charge < -0.3 is 14.7 Å². The summed E-state index contributed by atoms with van der Waals surface area (Å²) in [5, 5.41) is 9.17. The van der Waals surface area contributed by atoms with Crippen LogP contribution in [0.15, 0.2) is 18.2 Å². The third kappa shape index (κ3) is 4.30. The average molecular weight is 321 g/mol. The van der Waals surface area contributed by atoms with Gasteiger partial charge in [0.25, 0.3) is 5.91 Å². The first-order valence-electron chi connectivity index (χ1n) is 8.43. The summed E-state index contributed by atoms with van der Waals surface area (Å²) in [7, 11) is 0. The van der Waals surface area contributed by atoms with Gasteiger partial charge in [-0.25, -0.2) is 4.39 Å². The summed E-state index contributed by atoms with van der Waals surface area (Å²) < 4.78 is 19.4. The van der Waals surface area contributed by atoms with Crippen LogP contribution in [0.2, 0.25) is 0 Å². The molecule has 0 atom stereocenters. The second kappa shape index (κ2) is 7.41. The van der Waals surface area contributed by atoms with E-state index in [9.17, 15) is 9.18 Å². The van der Waals surface area contributed by atoms with Crippen molar-refractivity contribution in [2.24, 2.45) is 11.8 Å². The first-order chi connectivity index (χ1) is 11.2. The molecule has 2 fully saturated rings. The van der Waals surface area contributed by atoms with E-state index in [4.69, 9.17) is 9.84 Å². The van der Waals surface area contributed by atoms with Gasteiger partial charge in [0.1, 0.15) is 5.82 Å². The number of halogens is 1. The highest BCUT2D eigenvalue weighted by molar-refractivity contribution is 5.94. The molecule has 1 amide bonds. The van der Waals surface area contributed by atoms with Crippen molar-refractivity contribution in [1.82, 2.24) is 4.90 Å². The predicted molar refractivity (Wildman–Crippen MR) is 84.5 cm³/mol. The molecule has 1 aliphatic heterocycles. The monoisotopic (exact) mass is 321 g/mol. The van der Waals surface area contributed by atoms with E-state index in [-0.39, 0.29) is 24.9 Å². The molecule has 3 rings (SSSR count). The predicted octanol–water partition coefficient (Wildman–Crippen LogP) is 2.60. The molecule has 23 heavy (non-hydrogen) atoms. The van der Waals surface area contributed by atoms with Crippen molar-refractivity contribution in [2.75, 3.05) is 26.3 Å². The first-order valence-corrected chi connectivity index (χ1v) is 8.43. The number of benzene rings is 1. The molecule has 0 bridgehead atoms. The van der Waals surface area contributed by atoms with Crippen molar-refractivity contribution >= 4 is 5.91 Å². The number of amides is 1. The molecule has 0 radical (unpaired) electrons. The Morgan fingerprint density at radius 2 is 1.96 bits per heavy atom. The molecule has 0 unspecified atom stereocenters. The Morgan fingerprint density at radius 1 is 1.22 bits per heavy atom. The zero-order valence-electron chi connectivity index (χ0n) is 13.3. The summed E-state index contributed by atoms with van der Waals surface area (Å²) in [4.78, 5) is 14.3. The van der Waals surface area contributed by atoms with Crippen molar-refractivity contribution in [2.45, 2.75) is 32.3 Å². The molecule has 1 aliphatic carbocycles. The molecule has 126 valence electrons. The minimum Gasteiger partial charge on any atom is -0.396 e. The highest BCUT2D eigenvalue weighted by Crippen LogP contribution is 2.29. The summed E-state index contributed by atoms with van der Waals surface area (Å²) in [6.45, 7) is 2.37. The molecule has 1 aromatic carbocycles. The van der Waals surface area contributed by atoms with Crippen LogP contribution in [0.1, 0.15) is 41.6 Å². The van der Waals surface area contributed by atoms with E-state index in [1.807, 2.05) is 0 Å². The zero-order chi connectivity index (χ0) is 16.2. The van der Waals surface area contributed by atoms with Crippen LogP contribution in [0, 0.1) is 17.7 Å². The fraction of sp³-hybridized carbons (Fsp3) is 0.611. The number of nitrogens with zero attached hydrogens (tertiary/aromatic N) is 1. The number of ether oxygens (including phenoxy) is 1. The van der Waals surface area contributed by atoms with Crippen molar-refractivity contribution in [1.29, 1.82) is 0 Å². The van der Waals surface area contributed by atoms with Crippen LogP contribution < -0.4 is 0 Å². The van der Waals surface area contributed by atoms with Crippen LogP contribution in [0.3, 0.4) is 0 Å². The zero-order valence-corrected chi connectivity index (χ0v) is 13.3. The van der Waals surface area contributed by atoms with E-state index in [2.05, 4.69) is 0 Å². The average Bonchev–Trinajstić information content (AvgIpc) is 3.40. The molecule has 0 spiro atoms. The van der Waals surface area contributed by atoms with E-state index >= 15 is 0 Å². The Labute approximate surface area is 136 Å². The molecule has 1 saturated carbocycles. The van der Waals surface area contributed by atoms with E-state index in [0.717, 1.165) is 12.8 Å². The van der Waals surface area contributed by atoms with Gasteiger partial charge in [-0.05, 0) is 55.7 Å². The van der Waals surface area contributed by atoms with Gasteiger partial charge in [0.2, 0.25) is 0 Å². The lowest BCUT2D eigenvalue weighted by atomic mass is 9.97. The fourth-order valence-electron chi connectivity index (χ4n) is 2.94. The second-order valence-corrected chi connectivity index (χ2v) is 6.68. The Balaban J connectivity index is 1.60. The maximum Gasteiger partial charge on any atom is 0.253 e. The van der Waals surface area contributed by atoms with Crippen molar-refractivity contribution in [3.05, 3.63) is 35.1 Å². The molecule has 1 N–H and O–H groups in total. The Kier molecular flexibility index (Phi) is 5.28. The molecule has 1 heterocycles. The van der Waals surface area contributed by atoms with Crippen LogP contribution >= 0.6 is 0 Å². The largest absolute Gasteiger partial charge is 0.396 e. The molecular weight excluding hydrogens is 297 g/mol. The summed E-state index contributed by atoms with van der Waals surface area (Å²) in [6.07, 6.45) is 4.04. The van der Waals surface area contributed by atoms with Gasteiger partial charge >= 0.3 is 0 Å². The lowest BCUT2D eigenvalue weighted by Crippen LogP contribution is -2.39. The van der Waals surface area contributed by atoms with Crippen molar-refractivity contribution in [3.63, 3.8) is 0 Å². The Hall–Kier alpha value is -1.46. The summed E-state index contributed by atoms with van der Waals surface area (Å²) >= 11 is 0. The molecule has 1 saturated heterocycles. The smallest absolute Gasteiger partial charge is 0.253 e. The molecule has 4 nitrogen and oxygen atoms in total. The number of hydrogen-bond donors (Lipinski definition) is 1. The van der Waals surface area contributed by atoms with Crippen LogP contribution in [-0.4, -0.2) is 42.2 Å². The van der Waals surface area contributed by atoms with Crippen molar-refractivity contribution in [3.8, 4) is 0 Å². The number of carbonyl (C=O) groups is 1. The lowest BCUT2D eigenvalue weighted by Gasteiger charge is -2.31. The number of likely N-dealkylation sites (tertiary alicyclic amines) is 1. The standard InChI is InChI=1S/C18H24FNO3/c19-17-4-3-15(9-16(17)12-23-11-14-1-2-14)18(22)20-7-5-13(10-21)6-8-20/h3-4,9,13-14,21H,1-2,5-8,10-12H2. The number of piperidine rings is 1. The van der Waals surface area contributed by atoms with Crippen LogP contribution in [0.5, 0.6) is 0 Å². The quantitative estimate of drug-likeness (QED) is 0.876. The SMILES string of the molecule is O=C(c1ccc(F)c(COCC2CC2)c1)N1CCC(CO)CC1. The van der Waals surface area contributed by atoms with Crippen molar-refractivity contribution < 1.29 is 19.0 Å². The van der Waals surface area contributed by atoms with Crippen LogP contribution in [-0.2, 0) is 11.3 Å². The highest BCUT2D eigenvalue weighted by Gasteiger charge is 2.24. The van der Waals surface area contributed by atoms with Gasteiger partial charge in [-0.1, -0.05) is 0 Å². The Bertz CT molecular complexity index is 551. The number of carbonyl (C=O) groups excluding carboxylic acids is 1. The molecule has 0 aromatic heterocycles. The lowest BCUT2D eigenvalue weighted by molar-refractivity contribution is 0.0650. The third-order valence-corrected chi connectivity index (χ3v) is 4.76. The normalized spacial score (nSPS) is 19.1. The maximum atomic E-state index is 13.9. The number of aliphatic hydroxyl groups excluding tert-OH is 1. The van der Waals surface area contributed by atoms with Gasteiger partial charge in [-0.15, -0.1) is 0 Å². The summed E-state index contributed by atoms with van der Waals surface area (Å²) in [6, 6.07) is 4.51. The maximum absolute atomic E-state index is 13.9. The van der Waals surface area contributed by atoms with E-state index in [0.29, 0.717) is 42.7 Å². The van der Waals surface area contributed by atoms with Gasteiger partial charge in [0.15, 0.2) is 0 Å². The first kappa shape index (κ1) is 16.4. The topological polar surface area (TPSA) is 49.8 Å². The molecular formula is C18H24FNO3. The Morgan fingerprint density at radius 3 is 2.61 bits per heavy atom. The van der Waals surface area contributed by atoms with Gasteiger partial charge in [-0.3, -0.25) is 4.79 Å². The summed E-state index contributed by atoms with van der Waals surface area (Å²) in [5.41, 5.74) is 0.959. The molecule has 2 aliphatic rings.